The summed E-state index contributed by atoms with van der Waals surface area (Å²) < 4.78 is 16.7. The van der Waals surface area contributed by atoms with Gasteiger partial charge in [0.1, 0.15) is 6.61 Å². The summed E-state index contributed by atoms with van der Waals surface area (Å²) in [5, 5.41) is 5.94. The van der Waals surface area contributed by atoms with E-state index in [0.717, 1.165) is 42.9 Å². The van der Waals surface area contributed by atoms with Crippen LogP contribution in [0.3, 0.4) is 0 Å². The minimum absolute atomic E-state index is 0.00869. The Labute approximate surface area is 136 Å². The van der Waals surface area contributed by atoms with Gasteiger partial charge in [-0.25, -0.2) is 4.79 Å². The maximum atomic E-state index is 12.2. The Morgan fingerprint density at radius 2 is 2.30 bits per heavy atom. The summed E-state index contributed by atoms with van der Waals surface area (Å²) in [6, 6.07) is 5.60. The third-order valence-electron chi connectivity index (χ3n) is 4.39. The van der Waals surface area contributed by atoms with E-state index >= 15 is 0 Å². The molecule has 0 aliphatic carbocycles. The van der Waals surface area contributed by atoms with Crippen molar-refractivity contribution in [1.29, 1.82) is 0 Å². The van der Waals surface area contributed by atoms with Gasteiger partial charge in [0, 0.05) is 12.2 Å². The highest BCUT2D eigenvalue weighted by Gasteiger charge is 2.26. The molecule has 1 aromatic carbocycles. The summed E-state index contributed by atoms with van der Waals surface area (Å²) in [5.41, 5.74) is 1.05. The molecule has 2 N–H and O–H groups in total. The molecule has 6 heteroatoms. The number of fused-ring (bicyclic) bond motifs is 1. The van der Waals surface area contributed by atoms with E-state index < -0.39 is 0 Å². The van der Waals surface area contributed by atoms with Gasteiger partial charge in [-0.05, 0) is 32.3 Å². The van der Waals surface area contributed by atoms with E-state index in [2.05, 4.69) is 10.6 Å². The summed E-state index contributed by atoms with van der Waals surface area (Å²) in [6.07, 6.45) is 2.91. The molecule has 3 rings (SSSR count). The fourth-order valence-electron chi connectivity index (χ4n) is 3.17. The molecule has 2 aliphatic heterocycles. The van der Waals surface area contributed by atoms with Crippen LogP contribution in [0.4, 0.5) is 4.79 Å². The van der Waals surface area contributed by atoms with E-state index in [0.29, 0.717) is 6.61 Å². The van der Waals surface area contributed by atoms with Gasteiger partial charge in [0.25, 0.3) is 0 Å². The van der Waals surface area contributed by atoms with Crippen LogP contribution in [0.15, 0.2) is 18.2 Å². The second-order valence-corrected chi connectivity index (χ2v) is 6.12. The Balaban J connectivity index is 1.53. The van der Waals surface area contributed by atoms with Gasteiger partial charge in [-0.2, -0.15) is 0 Å². The highest BCUT2D eigenvalue weighted by atomic mass is 16.5. The van der Waals surface area contributed by atoms with Gasteiger partial charge in [-0.1, -0.05) is 12.1 Å². The Hall–Kier alpha value is -1.95. The maximum Gasteiger partial charge on any atom is 0.315 e. The minimum atomic E-state index is -0.173. The van der Waals surface area contributed by atoms with Gasteiger partial charge in [0.2, 0.25) is 0 Å². The molecule has 1 fully saturated rings. The number of hydrogen-bond acceptors (Lipinski definition) is 4. The molecule has 1 aromatic rings. The molecule has 0 radical (unpaired) electrons. The van der Waals surface area contributed by atoms with Crippen LogP contribution in [0.1, 0.15) is 25.3 Å². The lowest BCUT2D eigenvalue weighted by Gasteiger charge is -2.28. The summed E-state index contributed by atoms with van der Waals surface area (Å²) in [4.78, 5) is 12.2. The van der Waals surface area contributed by atoms with Crippen LogP contribution in [0, 0.1) is 0 Å². The van der Waals surface area contributed by atoms with Crippen molar-refractivity contribution in [2.45, 2.75) is 44.4 Å². The molecular formula is C17H24N2O4. The van der Waals surface area contributed by atoms with Crippen molar-refractivity contribution in [2.75, 3.05) is 20.3 Å². The second-order valence-electron chi connectivity index (χ2n) is 6.12. The maximum absolute atomic E-state index is 12.2. The Bertz CT molecular complexity index is 558. The lowest BCUT2D eigenvalue weighted by atomic mass is 10.0. The van der Waals surface area contributed by atoms with Crippen LogP contribution >= 0.6 is 0 Å². The highest BCUT2D eigenvalue weighted by Crippen LogP contribution is 2.34. The van der Waals surface area contributed by atoms with E-state index in [1.807, 2.05) is 25.1 Å². The van der Waals surface area contributed by atoms with Crippen molar-refractivity contribution in [3.8, 4) is 11.5 Å². The fraction of sp³-hybridized carbons (Fsp3) is 0.588. The zero-order chi connectivity index (χ0) is 16.2. The first-order valence-electron chi connectivity index (χ1n) is 8.14. The molecular weight excluding hydrogens is 296 g/mol. The summed E-state index contributed by atoms with van der Waals surface area (Å²) >= 11 is 0. The number of rotatable bonds is 4. The molecule has 6 nitrogen and oxygen atoms in total. The molecule has 1 saturated heterocycles. The first kappa shape index (κ1) is 15.9. The van der Waals surface area contributed by atoms with Crippen molar-refractivity contribution in [2.24, 2.45) is 0 Å². The van der Waals surface area contributed by atoms with Crippen molar-refractivity contribution in [3.05, 3.63) is 23.8 Å². The number of carbonyl (C=O) groups is 1. The normalized spacial score (nSPS) is 24.3. The van der Waals surface area contributed by atoms with E-state index in [1.165, 1.54) is 0 Å². The molecule has 0 bridgehead atoms. The van der Waals surface area contributed by atoms with Crippen LogP contribution in [0.5, 0.6) is 11.5 Å². The van der Waals surface area contributed by atoms with Crippen LogP contribution in [-0.4, -0.2) is 44.5 Å². The molecule has 23 heavy (non-hydrogen) atoms. The molecule has 2 heterocycles. The summed E-state index contributed by atoms with van der Waals surface area (Å²) in [7, 11) is 1.63. The standard InChI is InChI=1S/C17H24N2O4/c1-11(14-7-4-8-22-14)18-17(20)19-13-9-12-5-3-6-15(21-2)16(12)23-10-13/h3,5-6,11,13-14H,4,7-10H2,1-2H3,(H2,18,19,20). The second kappa shape index (κ2) is 7.08. The Morgan fingerprint density at radius 3 is 3.04 bits per heavy atom. The number of hydrogen-bond donors (Lipinski definition) is 2. The molecule has 2 amide bonds. The average Bonchev–Trinajstić information content (AvgIpc) is 3.08. The van der Waals surface area contributed by atoms with Gasteiger partial charge >= 0.3 is 6.03 Å². The number of methoxy groups -OCH3 is 1. The predicted octanol–water partition coefficient (Wildman–Crippen LogP) is 1.87. The smallest absolute Gasteiger partial charge is 0.315 e. The molecule has 0 saturated carbocycles. The van der Waals surface area contributed by atoms with Gasteiger partial charge in [0.05, 0.1) is 25.3 Å². The molecule has 0 spiro atoms. The number of amides is 2. The summed E-state index contributed by atoms with van der Waals surface area (Å²) in [5.74, 6) is 1.51. The topological polar surface area (TPSA) is 68.8 Å². The largest absolute Gasteiger partial charge is 0.493 e. The average molecular weight is 320 g/mol. The van der Waals surface area contributed by atoms with Gasteiger partial charge in [0.15, 0.2) is 11.5 Å². The molecule has 126 valence electrons. The lowest BCUT2D eigenvalue weighted by molar-refractivity contribution is 0.0856. The third-order valence-corrected chi connectivity index (χ3v) is 4.39. The molecule has 0 aromatic heterocycles. The van der Waals surface area contributed by atoms with E-state index in [1.54, 1.807) is 7.11 Å². The molecule has 2 aliphatic rings. The number of ether oxygens (including phenoxy) is 3. The lowest BCUT2D eigenvalue weighted by Crippen LogP contribution is -2.51. The fourth-order valence-corrected chi connectivity index (χ4v) is 3.17. The van der Waals surface area contributed by atoms with E-state index in [4.69, 9.17) is 14.2 Å². The highest BCUT2D eigenvalue weighted by molar-refractivity contribution is 5.74. The summed E-state index contributed by atoms with van der Waals surface area (Å²) in [6.45, 7) is 3.20. The Kier molecular flexibility index (Phi) is 4.91. The van der Waals surface area contributed by atoms with Crippen molar-refractivity contribution in [3.63, 3.8) is 0 Å². The SMILES string of the molecule is COc1cccc2c1OCC(NC(=O)NC(C)C1CCCO1)C2. The van der Waals surface area contributed by atoms with E-state index in [9.17, 15) is 4.79 Å². The first-order chi connectivity index (χ1) is 11.2. The number of urea groups is 1. The third kappa shape index (κ3) is 3.69. The van der Waals surface area contributed by atoms with Crippen LogP contribution in [0.2, 0.25) is 0 Å². The van der Waals surface area contributed by atoms with Crippen molar-refractivity contribution in [1.82, 2.24) is 10.6 Å². The molecule has 3 unspecified atom stereocenters. The zero-order valence-electron chi connectivity index (χ0n) is 13.6. The first-order valence-corrected chi connectivity index (χ1v) is 8.14. The monoisotopic (exact) mass is 320 g/mol. The predicted molar refractivity (Wildman–Crippen MR) is 86.1 cm³/mol. The quantitative estimate of drug-likeness (QED) is 0.888. The number of para-hydroxylation sites is 1. The molecule has 3 atom stereocenters. The minimum Gasteiger partial charge on any atom is -0.493 e. The van der Waals surface area contributed by atoms with Crippen LogP contribution in [0.25, 0.3) is 0 Å². The number of nitrogens with one attached hydrogen (secondary N) is 2. The van der Waals surface area contributed by atoms with Gasteiger partial charge < -0.3 is 24.8 Å². The van der Waals surface area contributed by atoms with E-state index in [-0.39, 0.29) is 24.2 Å². The van der Waals surface area contributed by atoms with Crippen LogP contribution in [-0.2, 0) is 11.2 Å². The van der Waals surface area contributed by atoms with Crippen LogP contribution < -0.4 is 20.1 Å². The zero-order valence-corrected chi connectivity index (χ0v) is 13.6. The van der Waals surface area contributed by atoms with Crippen molar-refractivity contribution < 1.29 is 19.0 Å². The number of carbonyl (C=O) groups excluding carboxylic acids is 1. The number of benzene rings is 1. The Morgan fingerprint density at radius 1 is 1.43 bits per heavy atom. The van der Waals surface area contributed by atoms with Gasteiger partial charge in [-0.15, -0.1) is 0 Å². The van der Waals surface area contributed by atoms with Crippen molar-refractivity contribution >= 4 is 6.03 Å². The van der Waals surface area contributed by atoms with Gasteiger partial charge in [-0.3, -0.25) is 0 Å².